The molecule has 4 heteroatoms. The number of carbonyl (C=O) groups excluding carboxylic acids is 1. The maximum Gasteiger partial charge on any atom is 0.185 e. The summed E-state index contributed by atoms with van der Waals surface area (Å²) in [5, 5.41) is 16.3. The van der Waals surface area contributed by atoms with E-state index in [9.17, 15) is 4.79 Å². The molecule has 0 aliphatic carbocycles. The number of aliphatic hydroxyl groups is 1. The van der Waals surface area contributed by atoms with E-state index in [1.165, 1.54) is 0 Å². The van der Waals surface area contributed by atoms with Crippen molar-refractivity contribution in [3.05, 3.63) is 42.3 Å². The van der Waals surface area contributed by atoms with Crippen molar-refractivity contribution in [2.75, 3.05) is 0 Å². The van der Waals surface area contributed by atoms with Gasteiger partial charge in [0.05, 0.1) is 5.69 Å². The third kappa shape index (κ3) is 3.34. The lowest BCUT2D eigenvalue weighted by molar-refractivity contribution is -0.115. The zero-order valence-corrected chi connectivity index (χ0v) is 8.42. The summed E-state index contributed by atoms with van der Waals surface area (Å²) in [6.45, 7) is 1.70. The average molecular weight is 204 g/mol. The van der Waals surface area contributed by atoms with Crippen molar-refractivity contribution in [2.45, 2.75) is 13.3 Å². The highest BCUT2D eigenvalue weighted by molar-refractivity contribution is 5.94. The molecule has 0 saturated carbocycles. The summed E-state index contributed by atoms with van der Waals surface area (Å²) < 4.78 is 0. The van der Waals surface area contributed by atoms with E-state index in [2.05, 4.69) is 10.2 Å². The molecular formula is C11H12N2O2. The van der Waals surface area contributed by atoms with Crippen LogP contribution >= 0.6 is 0 Å². The minimum absolute atomic E-state index is 0.0265. The molecule has 1 rings (SSSR count). The fourth-order valence-electron chi connectivity index (χ4n) is 0.941. The van der Waals surface area contributed by atoms with Crippen LogP contribution in [-0.4, -0.2) is 10.9 Å². The van der Waals surface area contributed by atoms with Crippen LogP contribution in [0.5, 0.6) is 0 Å². The molecular weight excluding hydrogens is 192 g/mol. The highest BCUT2D eigenvalue weighted by atomic mass is 16.2. The van der Waals surface area contributed by atoms with Gasteiger partial charge in [0.1, 0.15) is 6.26 Å². The molecule has 0 radical (unpaired) electrons. The molecule has 0 fully saturated rings. The van der Waals surface area contributed by atoms with Crippen LogP contribution in [0.15, 0.2) is 52.5 Å². The van der Waals surface area contributed by atoms with Gasteiger partial charge in [-0.1, -0.05) is 25.1 Å². The quantitative estimate of drug-likeness (QED) is 0.465. The van der Waals surface area contributed by atoms with E-state index in [4.69, 9.17) is 5.11 Å². The van der Waals surface area contributed by atoms with Crippen LogP contribution in [-0.2, 0) is 4.79 Å². The number of Topliss-reactive ketones (excluding diaryl/α,β-unsaturated/α-hetero) is 1. The van der Waals surface area contributed by atoms with Crippen molar-refractivity contribution < 1.29 is 9.90 Å². The zero-order valence-electron chi connectivity index (χ0n) is 8.42. The lowest BCUT2D eigenvalue weighted by Gasteiger charge is -1.94. The van der Waals surface area contributed by atoms with Crippen molar-refractivity contribution in [2.24, 2.45) is 10.2 Å². The van der Waals surface area contributed by atoms with Gasteiger partial charge in [-0.25, -0.2) is 0 Å². The minimum Gasteiger partial charge on any atom is -0.513 e. The molecule has 1 N–H and O–H groups in total. The molecule has 0 aliphatic heterocycles. The topological polar surface area (TPSA) is 62.0 Å². The molecule has 0 spiro atoms. The summed E-state index contributed by atoms with van der Waals surface area (Å²) in [6.07, 6.45) is 0.971. The van der Waals surface area contributed by atoms with Crippen LogP contribution < -0.4 is 0 Å². The zero-order chi connectivity index (χ0) is 11.1. The summed E-state index contributed by atoms with van der Waals surface area (Å²) in [6, 6.07) is 9.01. The molecule has 0 saturated heterocycles. The first-order chi connectivity index (χ1) is 7.27. The largest absolute Gasteiger partial charge is 0.513 e. The predicted octanol–water partition coefficient (Wildman–Crippen LogP) is 3.15. The first-order valence-corrected chi connectivity index (χ1v) is 4.62. The number of rotatable bonds is 4. The van der Waals surface area contributed by atoms with Gasteiger partial charge in [0.25, 0.3) is 0 Å². The maximum absolute atomic E-state index is 11.2. The molecule has 0 unspecified atom stereocenters. The molecule has 0 aliphatic rings. The Bertz CT molecular complexity index is 383. The molecule has 1 aromatic rings. The van der Waals surface area contributed by atoms with Crippen molar-refractivity contribution in [1.29, 1.82) is 0 Å². The molecule has 0 amide bonds. The minimum atomic E-state index is -0.239. The van der Waals surface area contributed by atoms with Crippen molar-refractivity contribution in [3.63, 3.8) is 0 Å². The summed E-state index contributed by atoms with van der Waals surface area (Å²) >= 11 is 0. The molecule has 1 aromatic carbocycles. The molecule has 0 atom stereocenters. The van der Waals surface area contributed by atoms with Crippen molar-refractivity contribution in [1.82, 2.24) is 0 Å². The molecule has 4 nitrogen and oxygen atoms in total. The summed E-state index contributed by atoms with van der Waals surface area (Å²) in [5.74, 6) is -0.239. The Balaban J connectivity index is 2.77. The van der Waals surface area contributed by atoms with Gasteiger partial charge in [-0.3, -0.25) is 4.79 Å². The molecule has 0 bridgehead atoms. The van der Waals surface area contributed by atoms with Gasteiger partial charge in [0.15, 0.2) is 11.5 Å². The number of allylic oxidation sites excluding steroid dienone is 1. The normalized spacial score (nSPS) is 11.9. The van der Waals surface area contributed by atoms with E-state index >= 15 is 0 Å². The number of hydrogen-bond acceptors (Lipinski definition) is 4. The first kappa shape index (κ1) is 11.1. The lowest BCUT2D eigenvalue weighted by atomic mass is 10.2. The van der Waals surface area contributed by atoms with Crippen molar-refractivity contribution >= 4 is 11.5 Å². The number of nitrogens with zero attached hydrogens (tertiary/aromatic N) is 2. The van der Waals surface area contributed by atoms with E-state index in [-0.39, 0.29) is 11.5 Å². The Hall–Kier alpha value is -1.97. The van der Waals surface area contributed by atoms with Gasteiger partial charge in [-0.2, -0.15) is 5.11 Å². The SMILES string of the molecule is CCC(=O)/C(=C/O)N=Nc1ccccc1. The molecule has 15 heavy (non-hydrogen) atoms. The van der Waals surface area contributed by atoms with Gasteiger partial charge in [0, 0.05) is 6.42 Å². The van der Waals surface area contributed by atoms with E-state index in [1.807, 2.05) is 18.2 Å². The van der Waals surface area contributed by atoms with Gasteiger partial charge in [-0.05, 0) is 12.1 Å². The maximum atomic E-state index is 11.2. The van der Waals surface area contributed by atoms with Crippen LogP contribution in [0, 0.1) is 0 Å². The summed E-state index contributed by atoms with van der Waals surface area (Å²) in [5.41, 5.74) is 0.613. The van der Waals surface area contributed by atoms with Crippen LogP contribution in [0.2, 0.25) is 0 Å². The number of carbonyl (C=O) groups is 1. The van der Waals surface area contributed by atoms with Crippen molar-refractivity contribution in [3.8, 4) is 0 Å². The highest BCUT2D eigenvalue weighted by Gasteiger charge is 2.05. The smallest absolute Gasteiger partial charge is 0.185 e. The van der Waals surface area contributed by atoms with Crippen LogP contribution in [0.4, 0.5) is 5.69 Å². The first-order valence-electron chi connectivity index (χ1n) is 4.62. The summed E-state index contributed by atoms with van der Waals surface area (Å²) in [7, 11) is 0. The average Bonchev–Trinajstić information content (AvgIpc) is 2.31. The second-order valence-electron chi connectivity index (χ2n) is 2.83. The van der Waals surface area contributed by atoms with E-state index in [0.717, 1.165) is 0 Å². The second-order valence-corrected chi connectivity index (χ2v) is 2.83. The van der Waals surface area contributed by atoms with Gasteiger partial charge < -0.3 is 5.11 Å². The van der Waals surface area contributed by atoms with Crippen LogP contribution in [0.3, 0.4) is 0 Å². The van der Waals surface area contributed by atoms with Gasteiger partial charge in [0.2, 0.25) is 0 Å². The Labute approximate surface area is 88.0 Å². The molecule has 78 valence electrons. The lowest BCUT2D eigenvalue weighted by Crippen LogP contribution is -1.97. The molecule has 0 aromatic heterocycles. The van der Waals surface area contributed by atoms with E-state index < -0.39 is 0 Å². The van der Waals surface area contributed by atoms with E-state index in [1.54, 1.807) is 19.1 Å². The number of aliphatic hydroxyl groups excluding tert-OH is 1. The monoisotopic (exact) mass is 204 g/mol. The number of azo groups is 1. The van der Waals surface area contributed by atoms with Crippen LogP contribution in [0.25, 0.3) is 0 Å². The summed E-state index contributed by atoms with van der Waals surface area (Å²) in [4.78, 5) is 11.2. The number of hydrogen-bond donors (Lipinski definition) is 1. The highest BCUT2D eigenvalue weighted by Crippen LogP contribution is 2.12. The fourth-order valence-corrected chi connectivity index (χ4v) is 0.941. The standard InChI is InChI=1S/C11H12N2O2/c1-2-11(15)10(8-14)13-12-9-6-4-3-5-7-9/h3-8,14H,2H2,1H3/b10-8-,13-12?. The Morgan fingerprint density at radius 1 is 1.40 bits per heavy atom. The Kier molecular flexibility index (Phi) is 4.22. The number of ketones is 1. The Morgan fingerprint density at radius 3 is 2.60 bits per heavy atom. The Morgan fingerprint density at radius 2 is 2.07 bits per heavy atom. The molecule has 0 heterocycles. The number of benzene rings is 1. The van der Waals surface area contributed by atoms with E-state index in [0.29, 0.717) is 18.4 Å². The van der Waals surface area contributed by atoms with Gasteiger partial charge in [-0.15, -0.1) is 5.11 Å². The van der Waals surface area contributed by atoms with Crippen LogP contribution in [0.1, 0.15) is 13.3 Å². The predicted molar refractivity (Wildman–Crippen MR) is 57.0 cm³/mol. The third-order valence-electron chi connectivity index (χ3n) is 1.76. The second kappa shape index (κ2) is 5.70. The third-order valence-corrected chi connectivity index (χ3v) is 1.76. The van der Waals surface area contributed by atoms with Gasteiger partial charge >= 0.3 is 0 Å². The fraction of sp³-hybridized carbons (Fsp3) is 0.182.